The molecule has 2 N–H and O–H groups in total. The third kappa shape index (κ3) is 4.13. The first-order valence-corrected chi connectivity index (χ1v) is 8.09. The van der Waals surface area contributed by atoms with E-state index >= 15 is 0 Å². The molecule has 8 nitrogen and oxygen atoms in total. The second kappa shape index (κ2) is 6.37. The number of nitrogens with two attached hydrogens (primary N) is 1. The largest absolute Gasteiger partial charge is 0.491 e. The number of nitrogens with zero attached hydrogens (tertiary/aromatic N) is 2. The Morgan fingerprint density at radius 1 is 1.33 bits per heavy atom. The van der Waals surface area contributed by atoms with E-state index in [0.717, 1.165) is 32.0 Å². The highest BCUT2D eigenvalue weighted by atomic mass is 32.2. The van der Waals surface area contributed by atoms with E-state index in [1.165, 1.54) is 12.1 Å². The van der Waals surface area contributed by atoms with Crippen LogP contribution in [0, 0.1) is 10.1 Å². The van der Waals surface area contributed by atoms with Crippen molar-refractivity contribution < 1.29 is 18.1 Å². The van der Waals surface area contributed by atoms with Crippen LogP contribution in [0.1, 0.15) is 12.8 Å². The van der Waals surface area contributed by atoms with Crippen LogP contribution in [-0.2, 0) is 10.0 Å². The Morgan fingerprint density at radius 2 is 2.00 bits per heavy atom. The summed E-state index contributed by atoms with van der Waals surface area (Å²) < 4.78 is 28.5. The van der Waals surface area contributed by atoms with Crippen molar-refractivity contribution in [1.29, 1.82) is 0 Å². The fourth-order valence-corrected chi connectivity index (χ4v) is 2.94. The minimum absolute atomic E-state index is 0.0438. The van der Waals surface area contributed by atoms with E-state index in [1.807, 2.05) is 0 Å². The number of rotatable bonds is 6. The first-order valence-electron chi connectivity index (χ1n) is 6.54. The van der Waals surface area contributed by atoms with Gasteiger partial charge in [-0.15, -0.1) is 0 Å². The quantitative estimate of drug-likeness (QED) is 0.610. The smallest absolute Gasteiger partial charge is 0.271 e. The zero-order valence-corrected chi connectivity index (χ0v) is 12.2. The summed E-state index contributed by atoms with van der Waals surface area (Å²) in [5, 5.41) is 15.8. The van der Waals surface area contributed by atoms with Crippen LogP contribution in [0.3, 0.4) is 0 Å². The van der Waals surface area contributed by atoms with Gasteiger partial charge in [0.05, 0.1) is 4.92 Å². The predicted octanol–water partition coefficient (Wildman–Crippen LogP) is 0.717. The van der Waals surface area contributed by atoms with Crippen LogP contribution < -0.4 is 9.88 Å². The molecule has 21 heavy (non-hydrogen) atoms. The maximum atomic E-state index is 11.5. The van der Waals surface area contributed by atoms with E-state index in [9.17, 15) is 18.5 Å². The minimum atomic E-state index is -4.08. The van der Waals surface area contributed by atoms with Gasteiger partial charge in [0.15, 0.2) is 0 Å². The summed E-state index contributed by atoms with van der Waals surface area (Å²) in [6.45, 7) is 3.00. The molecule has 0 aromatic heterocycles. The molecule has 0 spiro atoms. The van der Waals surface area contributed by atoms with Gasteiger partial charge in [-0.1, -0.05) is 0 Å². The van der Waals surface area contributed by atoms with Gasteiger partial charge in [0, 0.05) is 18.7 Å². The van der Waals surface area contributed by atoms with Crippen molar-refractivity contribution in [2.24, 2.45) is 5.14 Å². The van der Waals surface area contributed by atoms with E-state index in [-0.39, 0.29) is 16.3 Å². The maximum Gasteiger partial charge on any atom is 0.271 e. The first-order chi connectivity index (χ1) is 9.88. The van der Waals surface area contributed by atoms with E-state index in [1.54, 1.807) is 0 Å². The van der Waals surface area contributed by atoms with Gasteiger partial charge in [-0.25, -0.2) is 13.6 Å². The van der Waals surface area contributed by atoms with Gasteiger partial charge >= 0.3 is 0 Å². The van der Waals surface area contributed by atoms with Crippen molar-refractivity contribution in [3.8, 4) is 5.75 Å². The fraction of sp³-hybridized carbons (Fsp3) is 0.500. The van der Waals surface area contributed by atoms with Crippen LogP contribution in [0.5, 0.6) is 5.75 Å². The second-order valence-corrected chi connectivity index (χ2v) is 6.36. The number of non-ortho nitro benzene ring substituents is 1. The summed E-state index contributed by atoms with van der Waals surface area (Å²) in [6.07, 6.45) is 2.31. The van der Waals surface area contributed by atoms with Crippen LogP contribution in [0.2, 0.25) is 0 Å². The number of sulfonamides is 1. The zero-order valence-electron chi connectivity index (χ0n) is 11.4. The average molecular weight is 315 g/mol. The minimum Gasteiger partial charge on any atom is -0.491 e. The first kappa shape index (κ1) is 15.7. The summed E-state index contributed by atoms with van der Waals surface area (Å²) in [5.41, 5.74) is -0.342. The van der Waals surface area contributed by atoms with Crippen LogP contribution in [-0.4, -0.2) is 44.5 Å². The molecule has 1 heterocycles. The maximum absolute atomic E-state index is 11.5. The lowest BCUT2D eigenvalue weighted by molar-refractivity contribution is -0.385. The standard InChI is InChI=1S/C12H17N3O5S/c13-21(18,19)12-9-10(15(16)17)3-4-11(12)20-8-7-14-5-1-2-6-14/h3-4,9H,1-2,5-8H2,(H2,13,18,19). The lowest BCUT2D eigenvalue weighted by Crippen LogP contribution is -2.25. The number of likely N-dealkylation sites (tertiary alicyclic amines) is 1. The van der Waals surface area contributed by atoms with Crippen LogP contribution in [0.4, 0.5) is 5.69 Å². The van der Waals surface area contributed by atoms with E-state index < -0.39 is 14.9 Å². The van der Waals surface area contributed by atoms with Crippen molar-refractivity contribution in [3.05, 3.63) is 28.3 Å². The lowest BCUT2D eigenvalue weighted by Gasteiger charge is -2.16. The number of benzene rings is 1. The SMILES string of the molecule is NS(=O)(=O)c1cc([N+](=O)[O-])ccc1OCCN1CCCC1. The molecular weight excluding hydrogens is 298 g/mol. The Bertz CT molecular complexity index is 626. The summed E-state index contributed by atoms with van der Waals surface area (Å²) in [4.78, 5) is 11.9. The van der Waals surface area contributed by atoms with E-state index in [2.05, 4.69) is 4.90 Å². The van der Waals surface area contributed by atoms with E-state index in [4.69, 9.17) is 9.88 Å². The molecule has 0 saturated carbocycles. The molecule has 116 valence electrons. The van der Waals surface area contributed by atoms with Crippen molar-refractivity contribution in [2.45, 2.75) is 17.7 Å². The number of nitro groups is 1. The van der Waals surface area contributed by atoms with Crippen LogP contribution in [0.15, 0.2) is 23.1 Å². The van der Waals surface area contributed by atoms with Gasteiger partial charge < -0.3 is 4.74 Å². The summed E-state index contributed by atoms with van der Waals surface area (Å²) in [7, 11) is -4.08. The molecule has 1 fully saturated rings. The molecule has 1 aromatic rings. The topological polar surface area (TPSA) is 116 Å². The number of hydrogen-bond acceptors (Lipinski definition) is 6. The predicted molar refractivity (Wildman–Crippen MR) is 75.6 cm³/mol. The summed E-state index contributed by atoms with van der Waals surface area (Å²) in [5.74, 6) is 0.0438. The van der Waals surface area contributed by atoms with Crippen molar-refractivity contribution in [2.75, 3.05) is 26.2 Å². The Balaban J connectivity index is 2.12. The van der Waals surface area contributed by atoms with Gasteiger partial charge in [0.1, 0.15) is 17.3 Å². The van der Waals surface area contributed by atoms with Gasteiger partial charge in [-0.05, 0) is 32.0 Å². The highest BCUT2D eigenvalue weighted by molar-refractivity contribution is 7.89. The molecule has 9 heteroatoms. The molecule has 1 aliphatic rings. The molecule has 0 radical (unpaired) electrons. The highest BCUT2D eigenvalue weighted by Crippen LogP contribution is 2.27. The summed E-state index contributed by atoms with van der Waals surface area (Å²) >= 11 is 0. The molecule has 0 unspecified atom stereocenters. The van der Waals surface area contributed by atoms with Gasteiger partial charge in [0.2, 0.25) is 10.0 Å². The highest BCUT2D eigenvalue weighted by Gasteiger charge is 2.20. The van der Waals surface area contributed by atoms with Gasteiger partial charge in [-0.2, -0.15) is 0 Å². The van der Waals surface area contributed by atoms with Crippen molar-refractivity contribution >= 4 is 15.7 Å². The number of ether oxygens (including phenoxy) is 1. The van der Waals surface area contributed by atoms with Gasteiger partial charge in [0.25, 0.3) is 5.69 Å². The normalized spacial score (nSPS) is 16.0. The Labute approximate surface area is 122 Å². The third-order valence-corrected chi connectivity index (χ3v) is 4.24. The lowest BCUT2D eigenvalue weighted by atomic mass is 10.3. The Morgan fingerprint density at radius 3 is 2.57 bits per heavy atom. The Hall–Kier alpha value is -1.71. The molecule has 0 aliphatic carbocycles. The van der Waals surface area contributed by atoms with E-state index in [0.29, 0.717) is 13.2 Å². The molecule has 2 rings (SSSR count). The average Bonchev–Trinajstić information content (AvgIpc) is 2.90. The molecule has 1 aromatic carbocycles. The second-order valence-electron chi connectivity index (χ2n) is 4.83. The molecular formula is C12H17N3O5S. The van der Waals surface area contributed by atoms with Crippen molar-refractivity contribution in [1.82, 2.24) is 4.90 Å². The molecule has 1 saturated heterocycles. The molecule has 0 bridgehead atoms. The fourth-order valence-electron chi connectivity index (χ4n) is 2.24. The Kier molecular flexibility index (Phi) is 4.76. The number of nitro benzene ring substituents is 1. The zero-order chi connectivity index (χ0) is 15.5. The van der Waals surface area contributed by atoms with Crippen LogP contribution in [0.25, 0.3) is 0 Å². The number of primary sulfonamides is 1. The summed E-state index contributed by atoms with van der Waals surface area (Å²) in [6, 6.07) is 3.38. The monoisotopic (exact) mass is 315 g/mol. The molecule has 0 atom stereocenters. The third-order valence-electron chi connectivity index (χ3n) is 3.31. The molecule has 0 amide bonds. The number of hydrogen-bond donors (Lipinski definition) is 1. The van der Waals surface area contributed by atoms with Crippen LogP contribution >= 0.6 is 0 Å². The van der Waals surface area contributed by atoms with Gasteiger partial charge in [-0.3, -0.25) is 15.0 Å². The molecule has 1 aliphatic heterocycles. The van der Waals surface area contributed by atoms with Crippen molar-refractivity contribution in [3.63, 3.8) is 0 Å².